The molecular formula is C14H20FNO2. The van der Waals surface area contributed by atoms with Crippen molar-refractivity contribution in [2.45, 2.75) is 32.6 Å². The Kier molecular flexibility index (Phi) is 6.36. The van der Waals surface area contributed by atoms with E-state index < -0.39 is 5.82 Å². The van der Waals surface area contributed by atoms with Crippen molar-refractivity contribution >= 4 is 5.91 Å². The second kappa shape index (κ2) is 7.82. The smallest absolute Gasteiger partial charge is 0.251 e. The first-order chi connectivity index (χ1) is 8.65. The lowest BCUT2D eigenvalue weighted by Crippen LogP contribution is -2.25. The molecular weight excluding hydrogens is 233 g/mol. The summed E-state index contributed by atoms with van der Waals surface area (Å²) in [6, 6.07) is 4.21. The van der Waals surface area contributed by atoms with Crippen molar-refractivity contribution in [1.29, 1.82) is 0 Å². The molecule has 0 heterocycles. The number of hydrogen-bond acceptors (Lipinski definition) is 2. The Morgan fingerprint density at radius 1 is 1.28 bits per heavy atom. The number of benzene rings is 1. The van der Waals surface area contributed by atoms with Gasteiger partial charge in [-0.15, -0.1) is 0 Å². The van der Waals surface area contributed by atoms with Gasteiger partial charge < -0.3 is 10.4 Å². The zero-order valence-corrected chi connectivity index (χ0v) is 10.7. The number of carbonyl (C=O) groups excluding carboxylic acids is 1. The Morgan fingerprint density at radius 3 is 2.72 bits per heavy atom. The number of halogens is 1. The summed E-state index contributed by atoms with van der Waals surface area (Å²) in [5, 5.41) is 11.4. The summed E-state index contributed by atoms with van der Waals surface area (Å²) in [7, 11) is 0. The lowest BCUT2D eigenvalue weighted by Gasteiger charge is -2.07. The number of hydrogen-bond donors (Lipinski definition) is 2. The molecule has 0 aliphatic carbocycles. The van der Waals surface area contributed by atoms with Gasteiger partial charge in [-0.25, -0.2) is 4.39 Å². The van der Waals surface area contributed by atoms with Crippen LogP contribution < -0.4 is 5.32 Å². The zero-order chi connectivity index (χ0) is 13.4. The maximum absolute atomic E-state index is 13.0. The van der Waals surface area contributed by atoms with Gasteiger partial charge in [0.25, 0.3) is 5.91 Å². The van der Waals surface area contributed by atoms with Crippen LogP contribution in [0.5, 0.6) is 0 Å². The molecule has 0 aromatic heterocycles. The van der Waals surface area contributed by atoms with Gasteiger partial charge >= 0.3 is 0 Å². The molecule has 18 heavy (non-hydrogen) atoms. The van der Waals surface area contributed by atoms with Gasteiger partial charge in [0.1, 0.15) is 5.82 Å². The lowest BCUT2D eigenvalue weighted by molar-refractivity contribution is 0.0951. The number of nitrogens with one attached hydrogen (secondary N) is 1. The van der Waals surface area contributed by atoms with E-state index in [2.05, 4.69) is 5.32 Å². The first-order valence-electron chi connectivity index (χ1n) is 6.30. The van der Waals surface area contributed by atoms with E-state index in [0.29, 0.717) is 12.1 Å². The molecule has 1 amide bonds. The maximum Gasteiger partial charge on any atom is 0.251 e. The fraction of sp³-hybridized carbons (Fsp3) is 0.500. The molecule has 1 aromatic carbocycles. The van der Waals surface area contributed by atoms with Gasteiger partial charge in [-0.3, -0.25) is 4.79 Å². The maximum atomic E-state index is 13.0. The van der Waals surface area contributed by atoms with Crippen LogP contribution in [0.1, 0.15) is 41.6 Å². The first-order valence-corrected chi connectivity index (χ1v) is 6.30. The molecule has 0 atom stereocenters. The van der Waals surface area contributed by atoms with Gasteiger partial charge in [0.15, 0.2) is 0 Å². The molecule has 0 saturated heterocycles. The summed E-state index contributed by atoms with van der Waals surface area (Å²) in [6.07, 6.45) is 3.62. The normalized spacial score (nSPS) is 10.4. The third kappa shape index (κ3) is 4.84. The van der Waals surface area contributed by atoms with Crippen LogP contribution in [0.3, 0.4) is 0 Å². The van der Waals surface area contributed by atoms with Crippen molar-refractivity contribution in [3.63, 3.8) is 0 Å². The predicted octanol–water partition coefficient (Wildman–Crippen LogP) is 2.42. The van der Waals surface area contributed by atoms with Crippen LogP contribution in [0.15, 0.2) is 18.2 Å². The highest BCUT2D eigenvalue weighted by Gasteiger charge is 2.09. The van der Waals surface area contributed by atoms with Crippen LogP contribution in [0.4, 0.5) is 4.39 Å². The number of carbonyl (C=O) groups is 1. The Hall–Kier alpha value is -1.42. The number of aliphatic hydroxyl groups is 1. The number of unbranched alkanes of at least 4 members (excludes halogenated alkanes) is 3. The standard InChI is InChI=1S/C14H20FNO2/c1-11-6-7-12(15)10-13(11)14(18)16-8-4-2-3-5-9-17/h6-7,10,17H,2-5,8-9H2,1H3,(H,16,18). The summed E-state index contributed by atoms with van der Waals surface area (Å²) in [5.74, 6) is -0.622. The highest BCUT2D eigenvalue weighted by atomic mass is 19.1. The quantitative estimate of drug-likeness (QED) is 0.733. The number of aliphatic hydroxyl groups excluding tert-OH is 1. The molecule has 4 heteroatoms. The summed E-state index contributed by atoms with van der Waals surface area (Å²) in [5.41, 5.74) is 1.17. The molecule has 1 aromatic rings. The van der Waals surface area contributed by atoms with Crippen molar-refractivity contribution in [2.75, 3.05) is 13.2 Å². The average molecular weight is 253 g/mol. The van der Waals surface area contributed by atoms with Crippen LogP contribution in [0.2, 0.25) is 0 Å². The molecule has 0 fully saturated rings. The van der Waals surface area contributed by atoms with Crippen molar-refractivity contribution in [3.05, 3.63) is 35.1 Å². The lowest BCUT2D eigenvalue weighted by atomic mass is 10.1. The molecule has 0 aliphatic rings. The third-order valence-electron chi connectivity index (χ3n) is 2.81. The number of amides is 1. The topological polar surface area (TPSA) is 49.3 Å². The Balaban J connectivity index is 2.34. The Bertz CT molecular complexity index is 393. The largest absolute Gasteiger partial charge is 0.396 e. The Labute approximate surface area is 107 Å². The van der Waals surface area contributed by atoms with Crippen LogP contribution in [-0.4, -0.2) is 24.2 Å². The van der Waals surface area contributed by atoms with E-state index in [0.717, 1.165) is 31.2 Å². The van der Waals surface area contributed by atoms with Crippen molar-refractivity contribution in [1.82, 2.24) is 5.32 Å². The molecule has 0 aliphatic heterocycles. The second-order valence-electron chi connectivity index (χ2n) is 4.35. The molecule has 0 spiro atoms. The number of rotatable bonds is 7. The average Bonchev–Trinajstić information content (AvgIpc) is 2.36. The van der Waals surface area contributed by atoms with E-state index in [4.69, 9.17) is 5.11 Å². The van der Waals surface area contributed by atoms with Crippen molar-refractivity contribution < 1.29 is 14.3 Å². The van der Waals surface area contributed by atoms with Crippen LogP contribution in [0, 0.1) is 12.7 Å². The van der Waals surface area contributed by atoms with Gasteiger partial charge in [0.05, 0.1) is 0 Å². The summed E-state index contributed by atoms with van der Waals surface area (Å²) in [4.78, 5) is 11.8. The van der Waals surface area contributed by atoms with Crippen LogP contribution in [0.25, 0.3) is 0 Å². The summed E-state index contributed by atoms with van der Waals surface area (Å²) < 4.78 is 13.0. The van der Waals surface area contributed by atoms with E-state index in [9.17, 15) is 9.18 Å². The predicted molar refractivity (Wildman–Crippen MR) is 69.0 cm³/mol. The minimum absolute atomic E-state index is 0.217. The number of aryl methyl sites for hydroxylation is 1. The monoisotopic (exact) mass is 253 g/mol. The minimum Gasteiger partial charge on any atom is -0.396 e. The second-order valence-corrected chi connectivity index (χ2v) is 4.35. The van der Waals surface area contributed by atoms with Crippen molar-refractivity contribution in [2.24, 2.45) is 0 Å². The molecule has 3 nitrogen and oxygen atoms in total. The van der Waals surface area contributed by atoms with Crippen LogP contribution >= 0.6 is 0 Å². The van der Waals surface area contributed by atoms with E-state index in [1.807, 2.05) is 0 Å². The van der Waals surface area contributed by atoms with E-state index in [1.54, 1.807) is 13.0 Å². The van der Waals surface area contributed by atoms with Crippen molar-refractivity contribution in [3.8, 4) is 0 Å². The molecule has 0 bridgehead atoms. The van der Waals surface area contributed by atoms with Gasteiger partial charge in [0.2, 0.25) is 0 Å². The highest BCUT2D eigenvalue weighted by molar-refractivity contribution is 5.95. The first kappa shape index (κ1) is 14.6. The van der Waals surface area contributed by atoms with Gasteiger partial charge in [-0.2, -0.15) is 0 Å². The van der Waals surface area contributed by atoms with Gasteiger partial charge in [0, 0.05) is 18.7 Å². The van der Waals surface area contributed by atoms with E-state index in [-0.39, 0.29) is 12.5 Å². The summed E-state index contributed by atoms with van der Waals surface area (Å²) in [6.45, 7) is 2.59. The zero-order valence-electron chi connectivity index (χ0n) is 10.7. The van der Waals surface area contributed by atoms with Crippen LogP contribution in [-0.2, 0) is 0 Å². The molecule has 100 valence electrons. The minimum atomic E-state index is -0.395. The highest BCUT2D eigenvalue weighted by Crippen LogP contribution is 2.10. The fourth-order valence-electron chi connectivity index (χ4n) is 1.73. The van der Waals surface area contributed by atoms with E-state index >= 15 is 0 Å². The molecule has 0 radical (unpaired) electrons. The summed E-state index contributed by atoms with van der Waals surface area (Å²) >= 11 is 0. The van der Waals surface area contributed by atoms with Gasteiger partial charge in [-0.05, 0) is 37.5 Å². The molecule has 0 unspecified atom stereocenters. The van der Waals surface area contributed by atoms with E-state index in [1.165, 1.54) is 12.1 Å². The Morgan fingerprint density at radius 2 is 2.00 bits per heavy atom. The molecule has 0 saturated carbocycles. The molecule has 1 rings (SSSR count). The SMILES string of the molecule is Cc1ccc(F)cc1C(=O)NCCCCCCO. The fourth-order valence-corrected chi connectivity index (χ4v) is 1.73. The third-order valence-corrected chi connectivity index (χ3v) is 2.81. The molecule has 2 N–H and O–H groups in total. The van der Waals surface area contributed by atoms with Gasteiger partial charge in [-0.1, -0.05) is 18.9 Å².